The molecule has 2 N–H and O–H groups in total. The summed E-state index contributed by atoms with van der Waals surface area (Å²) in [6.45, 7) is 4.56. The Morgan fingerprint density at radius 1 is 1.06 bits per heavy atom. The lowest BCUT2D eigenvalue weighted by molar-refractivity contribution is -0.153. The van der Waals surface area contributed by atoms with Crippen LogP contribution in [0.25, 0.3) is 10.9 Å². The third-order valence-corrected chi connectivity index (χ3v) is 6.76. The van der Waals surface area contributed by atoms with Crippen molar-refractivity contribution in [3.63, 3.8) is 0 Å². The van der Waals surface area contributed by atoms with Crippen molar-refractivity contribution in [3.8, 4) is 0 Å². The second-order valence-electron chi connectivity index (χ2n) is 9.23. The number of aromatic amines is 1. The molecule has 1 aromatic carbocycles. The van der Waals surface area contributed by atoms with Gasteiger partial charge < -0.3 is 15.1 Å². The summed E-state index contributed by atoms with van der Waals surface area (Å²) in [5.74, 6) is -1.26. The van der Waals surface area contributed by atoms with Crippen molar-refractivity contribution < 1.29 is 14.4 Å². The number of fused-ring (bicyclic) bond motifs is 1. The molecule has 3 heterocycles. The Morgan fingerprint density at radius 3 is 2.55 bits per heavy atom. The van der Waals surface area contributed by atoms with Gasteiger partial charge in [0.15, 0.2) is 0 Å². The minimum atomic E-state index is -0.749. The molecule has 9 nitrogen and oxygen atoms in total. The third kappa shape index (κ3) is 3.83. The quantitative estimate of drug-likeness (QED) is 0.601. The average molecular weight is 447 g/mol. The van der Waals surface area contributed by atoms with Gasteiger partial charge in [-0.2, -0.15) is 5.10 Å². The summed E-state index contributed by atoms with van der Waals surface area (Å²) in [5, 5.41) is 10.2. The second kappa shape index (κ2) is 7.99. The maximum absolute atomic E-state index is 13.4. The minimum absolute atomic E-state index is 0.129. The molecule has 2 fully saturated rings. The number of amides is 3. The maximum atomic E-state index is 13.4. The number of hydrogen-bond acceptors (Lipinski definition) is 5. The number of benzene rings is 1. The van der Waals surface area contributed by atoms with Gasteiger partial charge in [-0.25, -0.2) is 0 Å². The molecule has 2 aromatic heterocycles. The first-order valence-corrected chi connectivity index (χ1v) is 11.1. The van der Waals surface area contributed by atoms with Crippen molar-refractivity contribution in [1.82, 2.24) is 25.0 Å². The van der Waals surface area contributed by atoms with E-state index in [1.807, 2.05) is 49.1 Å². The molecule has 0 unspecified atom stereocenters. The van der Waals surface area contributed by atoms with Gasteiger partial charge in [0.2, 0.25) is 5.91 Å². The molecule has 3 amide bonds. The van der Waals surface area contributed by atoms with Gasteiger partial charge in [-0.3, -0.25) is 24.5 Å². The summed E-state index contributed by atoms with van der Waals surface area (Å²) in [6.07, 6.45) is 6.49. The Labute approximate surface area is 191 Å². The van der Waals surface area contributed by atoms with Crippen molar-refractivity contribution in [1.29, 1.82) is 0 Å². The molecule has 2 atom stereocenters. The molecule has 1 aliphatic carbocycles. The van der Waals surface area contributed by atoms with Crippen LogP contribution in [0.15, 0.2) is 48.9 Å². The fourth-order valence-corrected chi connectivity index (χ4v) is 4.46. The van der Waals surface area contributed by atoms with Crippen LogP contribution in [0.4, 0.5) is 5.69 Å². The van der Waals surface area contributed by atoms with Crippen LogP contribution in [-0.2, 0) is 14.4 Å². The molecule has 0 radical (unpaired) electrons. The molecule has 0 bridgehead atoms. The standard InChI is InChI=1S/C24H26N6O3/c1-15-13-30(22(32)21(31)27-18-12-25-10-17-11-26-28-20(17)18)19(16-6-4-3-5-7-16)14-29(15)23(33)24(2)8-9-24/h3-7,10-12,15,19H,8-9,13-14H2,1-2H3,(H,26,28)(H,27,31)/t15-,19-/m1/s1. The first kappa shape index (κ1) is 21.1. The molecule has 2 aliphatic rings. The third-order valence-electron chi connectivity index (χ3n) is 6.76. The summed E-state index contributed by atoms with van der Waals surface area (Å²) < 4.78 is 0. The fourth-order valence-electron chi connectivity index (χ4n) is 4.46. The zero-order valence-corrected chi connectivity index (χ0v) is 18.6. The minimum Gasteiger partial charge on any atom is -0.335 e. The van der Waals surface area contributed by atoms with E-state index in [-0.39, 0.29) is 23.9 Å². The van der Waals surface area contributed by atoms with Crippen LogP contribution < -0.4 is 5.32 Å². The lowest BCUT2D eigenvalue weighted by Crippen LogP contribution is -2.59. The predicted molar refractivity (Wildman–Crippen MR) is 122 cm³/mol. The molecule has 3 aromatic rings. The molecule has 170 valence electrons. The highest BCUT2D eigenvalue weighted by Gasteiger charge is 2.50. The number of aromatic nitrogens is 3. The zero-order valence-electron chi connectivity index (χ0n) is 18.6. The first-order valence-electron chi connectivity index (χ1n) is 11.1. The number of nitrogens with one attached hydrogen (secondary N) is 2. The number of piperazine rings is 1. The van der Waals surface area contributed by atoms with E-state index < -0.39 is 17.9 Å². The number of hydrogen-bond donors (Lipinski definition) is 2. The van der Waals surface area contributed by atoms with Gasteiger partial charge in [0.1, 0.15) is 0 Å². The number of rotatable bonds is 3. The molecule has 0 spiro atoms. The molecule has 9 heteroatoms. The lowest BCUT2D eigenvalue weighted by Gasteiger charge is -2.46. The molecular formula is C24H26N6O3. The zero-order chi connectivity index (χ0) is 23.2. The first-order chi connectivity index (χ1) is 15.9. The van der Waals surface area contributed by atoms with Crippen LogP contribution >= 0.6 is 0 Å². The molecular weight excluding hydrogens is 420 g/mol. The van der Waals surface area contributed by atoms with Gasteiger partial charge in [-0.05, 0) is 25.3 Å². The van der Waals surface area contributed by atoms with Crippen LogP contribution in [0.5, 0.6) is 0 Å². The fraction of sp³-hybridized carbons (Fsp3) is 0.375. The van der Waals surface area contributed by atoms with Crippen LogP contribution in [0.1, 0.15) is 38.3 Å². The average Bonchev–Trinajstić information content (AvgIpc) is 3.39. The molecule has 1 aliphatic heterocycles. The number of anilines is 1. The number of nitrogens with zero attached hydrogens (tertiary/aromatic N) is 4. The van der Waals surface area contributed by atoms with Crippen LogP contribution in [0.3, 0.4) is 0 Å². The summed E-state index contributed by atoms with van der Waals surface area (Å²) in [6, 6.07) is 8.95. The highest BCUT2D eigenvalue weighted by molar-refractivity contribution is 6.40. The Morgan fingerprint density at radius 2 is 1.82 bits per heavy atom. The Hall–Kier alpha value is -3.75. The highest BCUT2D eigenvalue weighted by Crippen LogP contribution is 2.47. The SMILES string of the molecule is C[C@@H]1CN(C(=O)C(=O)Nc2cncc3cn[nH]c23)[C@@H](c2ccccc2)CN1C(=O)C1(C)CC1. The highest BCUT2D eigenvalue weighted by atomic mass is 16.2. The van der Waals surface area contributed by atoms with E-state index in [4.69, 9.17) is 0 Å². The van der Waals surface area contributed by atoms with Crippen molar-refractivity contribution in [3.05, 3.63) is 54.5 Å². The summed E-state index contributed by atoms with van der Waals surface area (Å²) in [4.78, 5) is 47.1. The van der Waals surface area contributed by atoms with Gasteiger partial charge in [-0.15, -0.1) is 0 Å². The van der Waals surface area contributed by atoms with Crippen LogP contribution in [0, 0.1) is 5.41 Å². The number of H-pyrrole nitrogens is 1. The van der Waals surface area contributed by atoms with Crippen molar-refractivity contribution in [2.24, 2.45) is 5.41 Å². The van der Waals surface area contributed by atoms with E-state index in [9.17, 15) is 14.4 Å². The van der Waals surface area contributed by atoms with Crippen molar-refractivity contribution in [2.45, 2.75) is 38.8 Å². The normalized spacial score (nSPS) is 21.6. The number of carbonyl (C=O) groups excluding carboxylic acids is 3. The summed E-state index contributed by atoms with van der Waals surface area (Å²) in [5.41, 5.74) is 1.59. The molecule has 33 heavy (non-hydrogen) atoms. The van der Waals surface area contributed by atoms with Crippen LogP contribution in [-0.4, -0.2) is 61.8 Å². The van der Waals surface area contributed by atoms with Gasteiger partial charge in [0, 0.05) is 36.1 Å². The monoisotopic (exact) mass is 446 g/mol. The number of carbonyl (C=O) groups is 3. The van der Waals surface area contributed by atoms with Crippen molar-refractivity contribution in [2.75, 3.05) is 18.4 Å². The van der Waals surface area contributed by atoms with Gasteiger partial charge >= 0.3 is 11.8 Å². The number of pyridine rings is 1. The lowest BCUT2D eigenvalue weighted by atomic mass is 9.97. The largest absolute Gasteiger partial charge is 0.335 e. The predicted octanol–water partition coefficient (Wildman–Crippen LogP) is 2.50. The van der Waals surface area contributed by atoms with E-state index in [2.05, 4.69) is 20.5 Å². The van der Waals surface area contributed by atoms with E-state index in [1.165, 1.54) is 6.20 Å². The van der Waals surface area contributed by atoms with Gasteiger partial charge in [-0.1, -0.05) is 37.3 Å². The Balaban J connectivity index is 1.41. The van der Waals surface area contributed by atoms with Crippen LogP contribution in [0.2, 0.25) is 0 Å². The molecule has 5 rings (SSSR count). The van der Waals surface area contributed by atoms with Crippen molar-refractivity contribution >= 4 is 34.3 Å². The smallest absolute Gasteiger partial charge is 0.314 e. The van der Waals surface area contributed by atoms with E-state index >= 15 is 0 Å². The Bertz CT molecular complexity index is 1220. The van der Waals surface area contributed by atoms with E-state index in [0.717, 1.165) is 23.8 Å². The summed E-state index contributed by atoms with van der Waals surface area (Å²) in [7, 11) is 0. The van der Waals surface area contributed by atoms with E-state index in [0.29, 0.717) is 17.7 Å². The maximum Gasteiger partial charge on any atom is 0.314 e. The summed E-state index contributed by atoms with van der Waals surface area (Å²) >= 11 is 0. The Kier molecular flexibility index (Phi) is 5.11. The molecule has 1 saturated carbocycles. The second-order valence-corrected chi connectivity index (χ2v) is 9.23. The van der Waals surface area contributed by atoms with Gasteiger partial charge in [0.05, 0.1) is 29.6 Å². The van der Waals surface area contributed by atoms with E-state index in [1.54, 1.807) is 17.3 Å². The molecule has 1 saturated heterocycles. The topological polar surface area (TPSA) is 111 Å². The van der Waals surface area contributed by atoms with Gasteiger partial charge in [0.25, 0.3) is 0 Å².